The molecule has 4 aliphatic rings. The normalized spacial score (nSPS) is 19.2. The summed E-state index contributed by atoms with van der Waals surface area (Å²) in [6.07, 6.45) is 11.3. The van der Waals surface area contributed by atoms with Crippen molar-refractivity contribution < 1.29 is 33.1 Å². The van der Waals surface area contributed by atoms with Gasteiger partial charge in [-0.05, 0) is 86.1 Å². The monoisotopic (exact) mass is 921 g/mol. The zero-order valence-corrected chi connectivity index (χ0v) is 37.7. The highest BCUT2D eigenvalue weighted by atomic mass is 32.2. The smallest absolute Gasteiger partial charge is 0.272 e. The fraction of sp³-hybridized carbons (Fsp3) is 0.468. The van der Waals surface area contributed by atoms with E-state index in [0.717, 1.165) is 77.6 Å². The summed E-state index contributed by atoms with van der Waals surface area (Å²) in [5, 5.41) is 17.4. The number of imide groups is 1. The number of benzene rings is 2. The number of alkyl halides is 1. The minimum absolute atomic E-state index is 0.0103. The number of unbranched alkanes of at least 4 members (excludes halogenated alkanes) is 4. The van der Waals surface area contributed by atoms with Crippen LogP contribution < -0.4 is 31.5 Å². The molecule has 2 aromatic heterocycles. The molecular formula is C47H56FN11O6S. The number of carbonyl (C=O) groups excluding carboxylic acids is 5. The number of carbonyl (C=O) groups is 5. The predicted octanol–water partition coefficient (Wildman–Crippen LogP) is 4.95. The Balaban J connectivity index is 0.669. The molecule has 0 spiro atoms. The molecule has 4 aromatic rings. The van der Waals surface area contributed by atoms with E-state index in [1.807, 2.05) is 30.3 Å². The van der Waals surface area contributed by atoms with Crippen LogP contribution in [0.2, 0.25) is 0 Å². The van der Waals surface area contributed by atoms with Crippen molar-refractivity contribution in [2.45, 2.75) is 111 Å². The molecule has 5 amide bonds. The first-order chi connectivity index (χ1) is 32.0. The van der Waals surface area contributed by atoms with Crippen LogP contribution in [0, 0.1) is 0 Å². The summed E-state index contributed by atoms with van der Waals surface area (Å²) in [5.41, 5.74) is 8.36. The average molecular weight is 922 g/mol. The molecule has 0 saturated carbocycles. The van der Waals surface area contributed by atoms with Gasteiger partial charge in [-0.2, -0.15) is 0 Å². The van der Waals surface area contributed by atoms with Gasteiger partial charge in [0.15, 0.2) is 11.5 Å². The summed E-state index contributed by atoms with van der Waals surface area (Å²) in [7, 11) is 0. The summed E-state index contributed by atoms with van der Waals surface area (Å²) in [6.45, 7) is 3.41. The number of nitrogens with one attached hydrogen (secondary N) is 3. The van der Waals surface area contributed by atoms with Crippen LogP contribution in [0.1, 0.15) is 103 Å². The van der Waals surface area contributed by atoms with Gasteiger partial charge in [-0.15, -0.1) is 10.2 Å². The van der Waals surface area contributed by atoms with Gasteiger partial charge in [0.05, 0.1) is 18.5 Å². The Morgan fingerprint density at radius 1 is 0.909 bits per heavy atom. The number of hydrogen-bond acceptors (Lipinski definition) is 14. The van der Waals surface area contributed by atoms with Crippen molar-refractivity contribution in [3.05, 3.63) is 89.4 Å². The molecule has 3 fully saturated rings. The SMILES string of the molecule is NC1(CF)CCN(c2cnc(Sc3cccc(NC(=O)CCCCCCCO[C@H]4CCN(c5ccc(C(=O)NCc6ccc7c(c6)CN(C6CCC(=O)NC6=O)C7=O)nn5)C4)c3)cn2)CC1. The van der Waals surface area contributed by atoms with Crippen molar-refractivity contribution in [2.24, 2.45) is 5.73 Å². The van der Waals surface area contributed by atoms with E-state index in [-0.39, 0.29) is 54.9 Å². The number of anilines is 3. The van der Waals surface area contributed by atoms with Gasteiger partial charge in [0, 0.05) is 80.4 Å². The number of fused-ring (bicyclic) bond motifs is 1. The van der Waals surface area contributed by atoms with Crippen molar-refractivity contribution in [1.82, 2.24) is 35.7 Å². The molecule has 6 heterocycles. The molecule has 5 N–H and O–H groups in total. The number of rotatable bonds is 19. The van der Waals surface area contributed by atoms with Crippen molar-refractivity contribution in [3.8, 4) is 0 Å². The zero-order chi connectivity index (χ0) is 46.0. The van der Waals surface area contributed by atoms with Crippen LogP contribution in [-0.2, 0) is 32.2 Å². The molecule has 8 rings (SSSR count). The first kappa shape index (κ1) is 46.5. The first-order valence-corrected chi connectivity index (χ1v) is 23.6. The lowest BCUT2D eigenvalue weighted by atomic mass is 9.90. The van der Waals surface area contributed by atoms with Gasteiger partial charge in [0.25, 0.3) is 11.8 Å². The lowest BCUT2D eigenvalue weighted by Crippen LogP contribution is -2.52. The number of hydrogen-bond donors (Lipinski definition) is 4. The summed E-state index contributed by atoms with van der Waals surface area (Å²) in [4.78, 5) is 78.3. The molecule has 17 nitrogen and oxygen atoms in total. The van der Waals surface area contributed by atoms with Crippen molar-refractivity contribution in [1.29, 1.82) is 0 Å². The predicted molar refractivity (Wildman–Crippen MR) is 246 cm³/mol. The second-order valence-electron chi connectivity index (χ2n) is 17.5. The second kappa shape index (κ2) is 21.5. The Morgan fingerprint density at radius 3 is 2.52 bits per heavy atom. The van der Waals surface area contributed by atoms with Gasteiger partial charge >= 0.3 is 0 Å². The minimum Gasteiger partial charge on any atom is -0.376 e. The average Bonchev–Trinajstić information content (AvgIpc) is 3.93. The van der Waals surface area contributed by atoms with E-state index in [1.54, 1.807) is 36.7 Å². The third-order valence-corrected chi connectivity index (χ3v) is 13.5. The largest absolute Gasteiger partial charge is 0.376 e. The third-order valence-electron chi connectivity index (χ3n) is 12.6. The molecule has 3 saturated heterocycles. The van der Waals surface area contributed by atoms with Crippen LogP contribution in [0.15, 0.2) is 76.9 Å². The van der Waals surface area contributed by atoms with E-state index >= 15 is 0 Å². The van der Waals surface area contributed by atoms with Gasteiger partial charge in [-0.1, -0.05) is 49.2 Å². The van der Waals surface area contributed by atoms with Crippen LogP contribution in [0.3, 0.4) is 0 Å². The van der Waals surface area contributed by atoms with E-state index in [1.165, 1.54) is 16.7 Å². The lowest BCUT2D eigenvalue weighted by molar-refractivity contribution is -0.137. The van der Waals surface area contributed by atoms with Gasteiger partial charge in [0.2, 0.25) is 17.7 Å². The fourth-order valence-corrected chi connectivity index (χ4v) is 9.47. The maximum absolute atomic E-state index is 13.2. The van der Waals surface area contributed by atoms with Gasteiger partial charge < -0.3 is 35.8 Å². The highest BCUT2D eigenvalue weighted by Gasteiger charge is 2.39. The Morgan fingerprint density at radius 2 is 1.74 bits per heavy atom. The second-order valence-corrected chi connectivity index (χ2v) is 18.6. The molecule has 1 unspecified atom stereocenters. The molecule has 66 heavy (non-hydrogen) atoms. The number of halogens is 1. The number of amides is 5. The zero-order valence-electron chi connectivity index (χ0n) is 36.9. The van der Waals surface area contributed by atoms with Crippen molar-refractivity contribution in [2.75, 3.05) is 54.6 Å². The van der Waals surface area contributed by atoms with E-state index in [4.69, 9.17) is 10.5 Å². The minimum atomic E-state index is -0.738. The number of piperidine rings is 2. The number of nitrogens with zero attached hydrogens (tertiary/aromatic N) is 7. The van der Waals surface area contributed by atoms with E-state index in [2.05, 4.69) is 45.9 Å². The molecule has 0 bridgehead atoms. The lowest BCUT2D eigenvalue weighted by Gasteiger charge is -2.37. The maximum atomic E-state index is 13.2. The van der Waals surface area contributed by atoms with E-state index in [9.17, 15) is 28.4 Å². The van der Waals surface area contributed by atoms with E-state index < -0.39 is 24.2 Å². The van der Waals surface area contributed by atoms with E-state index in [0.29, 0.717) is 63.3 Å². The number of ether oxygens (including phenoxy) is 1. The Hall–Kier alpha value is -6.05. The molecule has 0 aliphatic carbocycles. The van der Waals surface area contributed by atoms with Crippen molar-refractivity contribution in [3.63, 3.8) is 0 Å². The summed E-state index contributed by atoms with van der Waals surface area (Å²) in [6, 6.07) is 15.8. The topological polar surface area (TPSA) is 218 Å². The molecule has 4 aliphatic heterocycles. The quantitative estimate of drug-likeness (QED) is 0.0723. The van der Waals surface area contributed by atoms with Crippen molar-refractivity contribution >= 4 is 58.6 Å². The Kier molecular flexibility index (Phi) is 15.1. The Labute approximate surface area is 387 Å². The van der Waals surface area contributed by atoms with Crippen LogP contribution >= 0.6 is 11.8 Å². The first-order valence-electron chi connectivity index (χ1n) is 22.8. The highest BCUT2D eigenvalue weighted by Crippen LogP contribution is 2.31. The highest BCUT2D eigenvalue weighted by molar-refractivity contribution is 7.99. The summed E-state index contributed by atoms with van der Waals surface area (Å²) in [5.74, 6) is 0.0348. The molecule has 348 valence electrons. The number of aromatic nitrogens is 4. The van der Waals surface area contributed by atoms with Crippen LogP contribution in [0.25, 0.3) is 0 Å². The summed E-state index contributed by atoms with van der Waals surface area (Å²) >= 11 is 1.47. The van der Waals surface area contributed by atoms with Crippen LogP contribution in [0.5, 0.6) is 0 Å². The molecular weight excluding hydrogens is 866 g/mol. The molecule has 2 atom stereocenters. The Bertz CT molecular complexity index is 2380. The molecule has 19 heteroatoms. The van der Waals surface area contributed by atoms with Gasteiger partial charge in [0.1, 0.15) is 23.6 Å². The standard InChI is InChI=1S/C47H56FN11O6S/c48-30-47(49)17-20-57(21-18-47)40-26-51-43(27-50-40)66-35-8-6-7-33(24-35)53-41(60)9-4-2-1-3-5-22-65-34-16-19-58(29-34)39-14-12-37(55-56-39)44(62)52-25-31-10-11-36-32(23-31)28-59(46(36)64)38-13-15-42(61)54-45(38)63/h6-8,10-12,14,23-24,26-27,34,38H,1-5,9,13,15-22,25,28-30,49H2,(H,52,62)(H,53,60)(H,54,61,63)/t34-,38?/m0/s1. The summed E-state index contributed by atoms with van der Waals surface area (Å²) < 4.78 is 19.4. The molecule has 2 aromatic carbocycles. The van der Waals surface area contributed by atoms with Gasteiger partial charge in [-0.25, -0.2) is 14.4 Å². The van der Waals surface area contributed by atoms with Crippen LogP contribution in [0.4, 0.5) is 21.7 Å². The fourth-order valence-electron chi connectivity index (χ4n) is 8.69. The third kappa shape index (κ3) is 11.8. The molecule has 0 radical (unpaired) electrons. The number of nitrogens with two attached hydrogens (primary N) is 1. The maximum Gasteiger partial charge on any atom is 0.272 e. The van der Waals surface area contributed by atoms with Crippen LogP contribution in [-0.4, -0.2) is 112 Å². The van der Waals surface area contributed by atoms with Gasteiger partial charge in [-0.3, -0.25) is 29.3 Å².